The zero-order chi connectivity index (χ0) is 20.5. The average Bonchev–Trinajstić information content (AvgIpc) is 2.63. The molecular weight excluding hydrogens is 359 g/mol. The van der Waals surface area contributed by atoms with Crippen LogP contribution in [0.5, 0.6) is 0 Å². The Morgan fingerprint density at radius 3 is 2.04 bits per heavy atom. The summed E-state index contributed by atoms with van der Waals surface area (Å²) in [5, 5.41) is 1.25. The van der Waals surface area contributed by atoms with E-state index in [0.717, 1.165) is 29.5 Å². The number of benzene rings is 2. The maximum Gasteiger partial charge on any atom is 0.186 e. The number of carbonyl (C=O) groups excluding carboxylic acids is 1. The Balaban J connectivity index is 2.23. The molecule has 2 aromatic carbocycles. The van der Waals surface area contributed by atoms with Gasteiger partial charge in [-0.1, -0.05) is 75.4 Å². The van der Waals surface area contributed by atoms with E-state index in [1.54, 1.807) is 0 Å². The van der Waals surface area contributed by atoms with E-state index in [1.807, 2.05) is 0 Å². The van der Waals surface area contributed by atoms with Crippen molar-refractivity contribution in [1.29, 1.82) is 0 Å². The van der Waals surface area contributed by atoms with Gasteiger partial charge >= 0.3 is 0 Å². The summed E-state index contributed by atoms with van der Waals surface area (Å²) in [5.41, 5.74) is 7.49. The molecule has 0 aliphatic carbocycles. The van der Waals surface area contributed by atoms with Gasteiger partial charge < -0.3 is 0 Å². The highest BCUT2D eigenvalue weighted by Crippen LogP contribution is 2.27. The zero-order valence-corrected chi connectivity index (χ0v) is 19.5. The summed E-state index contributed by atoms with van der Waals surface area (Å²) in [5.74, 6) is 0. The van der Waals surface area contributed by atoms with E-state index >= 15 is 0 Å². The largest absolute Gasteiger partial charge is 0.289 e. The highest BCUT2D eigenvalue weighted by atomic mass is 31.1. The Bertz CT molecular complexity index is 768. The molecule has 0 bridgehead atoms. The van der Waals surface area contributed by atoms with Crippen LogP contribution in [0.2, 0.25) is 0 Å². The molecule has 0 saturated carbocycles. The smallest absolute Gasteiger partial charge is 0.186 e. The Morgan fingerprint density at radius 2 is 1.43 bits per heavy atom. The zero-order valence-electron chi connectivity index (χ0n) is 18.5. The van der Waals surface area contributed by atoms with Gasteiger partial charge in [0.2, 0.25) is 0 Å². The van der Waals surface area contributed by atoms with Crippen LogP contribution in [0.3, 0.4) is 0 Å². The van der Waals surface area contributed by atoms with E-state index in [1.165, 1.54) is 60.5 Å². The number of unbranched alkanes of at least 4 members (excludes halogenated alkanes) is 4. The van der Waals surface area contributed by atoms with Crippen LogP contribution in [0.25, 0.3) is 0 Å². The van der Waals surface area contributed by atoms with E-state index in [2.05, 4.69) is 65.0 Å². The third kappa shape index (κ3) is 6.56. The molecule has 2 rings (SSSR count). The number of aryl methyl sites for hydroxylation is 5. The number of hydrogen-bond donors (Lipinski definition) is 0. The third-order valence-corrected chi connectivity index (χ3v) is 6.67. The summed E-state index contributed by atoms with van der Waals surface area (Å²) >= 11 is 0. The SMILES string of the molecule is CCCCCc1ccc(PC(=O)c2c(C)cc(C)cc2C)c(CCCCC)c1. The second-order valence-corrected chi connectivity index (χ2v) is 9.38. The first-order valence-corrected chi connectivity index (χ1v) is 12.0. The van der Waals surface area contributed by atoms with Gasteiger partial charge in [0.15, 0.2) is 5.52 Å². The maximum atomic E-state index is 13.2. The molecule has 1 atom stereocenters. The Labute approximate surface area is 174 Å². The molecule has 28 heavy (non-hydrogen) atoms. The molecular formula is C26H37OP. The lowest BCUT2D eigenvalue weighted by molar-refractivity contribution is 0.108. The monoisotopic (exact) mass is 396 g/mol. The molecule has 2 heteroatoms. The Hall–Kier alpha value is -1.46. The summed E-state index contributed by atoms with van der Waals surface area (Å²) < 4.78 is 0. The predicted octanol–water partition coefficient (Wildman–Crippen LogP) is 7.22. The normalized spacial score (nSPS) is 11.5. The molecule has 0 aromatic heterocycles. The predicted molar refractivity (Wildman–Crippen MR) is 126 cm³/mol. The Morgan fingerprint density at radius 1 is 0.821 bits per heavy atom. The molecule has 0 aliphatic rings. The minimum Gasteiger partial charge on any atom is -0.289 e. The fraction of sp³-hybridized carbons (Fsp3) is 0.500. The van der Waals surface area contributed by atoms with E-state index < -0.39 is 0 Å². The summed E-state index contributed by atoms with van der Waals surface area (Å²) in [6.07, 6.45) is 9.75. The van der Waals surface area contributed by atoms with Crippen molar-refractivity contribution in [3.63, 3.8) is 0 Å². The van der Waals surface area contributed by atoms with Crippen molar-refractivity contribution in [2.75, 3.05) is 0 Å². The van der Waals surface area contributed by atoms with Gasteiger partial charge in [-0.25, -0.2) is 0 Å². The average molecular weight is 397 g/mol. The highest BCUT2D eigenvalue weighted by molar-refractivity contribution is 7.66. The molecule has 0 N–H and O–H groups in total. The fourth-order valence-electron chi connectivity index (χ4n) is 4.00. The van der Waals surface area contributed by atoms with Gasteiger partial charge in [0, 0.05) is 5.56 Å². The molecule has 0 heterocycles. The third-order valence-electron chi connectivity index (χ3n) is 5.44. The number of carbonyl (C=O) groups is 1. The van der Waals surface area contributed by atoms with Crippen LogP contribution in [0.1, 0.15) is 90.5 Å². The molecule has 0 saturated heterocycles. The van der Waals surface area contributed by atoms with E-state index in [0.29, 0.717) is 0 Å². The van der Waals surface area contributed by atoms with Crippen LogP contribution in [0, 0.1) is 20.8 Å². The molecule has 0 spiro atoms. The van der Waals surface area contributed by atoms with Crippen molar-refractivity contribution in [3.8, 4) is 0 Å². The first kappa shape index (κ1) is 22.8. The Kier molecular flexibility index (Phi) is 9.39. The molecule has 152 valence electrons. The van der Waals surface area contributed by atoms with E-state index in [4.69, 9.17) is 0 Å². The molecule has 0 fully saturated rings. The lowest BCUT2D eigenvalue weighted by Crippen LogP contribution is -2.11. The lowest BCUT2D eigenvalue weighted by Gasteiger charge is -2.14. The maximum absolute atomic E-state index is 13.2. The van der Waals surface area contributed by atoms with Crippen molar-refractivity contribution in [2.45, 2.75) is 86.0 Å². The van der Waals surface area contributed by atoms with Crippen molar-refractivity contribution >= 4 is 19.4 Å². The molecule has 1 unspecified atom stereocenters. The second-order valence-electron chi connectivity index (χ2n) is 8.13. The van der Waals surface area contributed by atoms with Crippen LogP contribution < -0.4 is 5.30 Å². The highest BCUT2D eigenvalue weighted by Gasteiger charge is 2.15. The van der Waals surface area contributed by atoms with Gasteiger partial charge in [-0.05, 0) is 82.6 Å². The van der Waals surface area contributed by atoms with Gasteiger partial charge in [-0.15, -0.1) is 0 Å². The molecule has 2 aromatic rings. The molecule has 1 nitrogen and oxygen atoms in total. The van der Waals surface area contributed by atoms with Crippen molar-refractivity contribution in [2.24, 2.45) is 0 Å². The van der Waals surface area contributed by atoms with Crippen LogP contribution in [-0.2, 0) is 12.8 Å². The van der Waals surface area contributed by atoms with E-state index in [-0.39, 0.29) is 14.1 Å². The van der Waals surface area contributed by atoms with Gasteiger partial charge in [-0.3, -0.25) is 4.79 Å². The summed E-state index contributed by atoms with van der Waals surface area (Å²) in [7, 11) is 0.216. The van der Waals surface area contributed by atoms with Crippen LogP contribution in [0.15, 0.2) is 30.3 Å². The standard InChI is InChI=1S/C26H37OP/c1-6-8-10-12-22-14-15-24(23(18-22)13-11-9-7-2)28-26(27)25-20(4)16-19(3)17-21(25)5/h14-18,28H,6-13H2,1-5H3. The molecule has 0 amide bonds. The first-order chi connectivity index (χ1) is 13.5. The summed E-state index contributed by atoms with van der Waals surface area (Å²) in [4.78, 5) is 13.2. The van der Waals surface area contributed by atoms with Crippen LogP contribution in [-0.4, -0.2) is 5.52 Å². The van der Waals surface area contributed by atoms with Gasteiger partial charge in [0.1, 0.15) is 0 Å². The van der Waals surface area contributed by atoms with Crippen LogP contribution in [0.4, 0.5) is 0 Å². The van der Waals surface area contributed by atoms with Crippen molar-refractivity contribution in [3.05, 3.63) is 63.7 Å². The topological polar surface area (TPSA) is 17.1 Å². The van der Waals surface area contributed by atoms with Crippen molar-refractivity contribution < 1.29 is 4.79 Å². The van der Waals surface area contributed by atoms with Gasteiger partial charge in [-0.2, -0.15) is 0 Å². The molecule has 0 aliphatic heterocycles. The minimum atomic E-state index is 0.216. The minimum absolute atomic E-state index is 0.216. The van der Waals surface area contributed by atoms with Gasteiger partial charge in [0.05, 0.1) is 0 Å². The molecule has 0 radical (unpaired) electrons. The summed E-state index contributed by atoms with van der Waals surface area (Å²) in [6.45, 7) is 10.7. The van der Waals surface area contributed by atoms with Crippen molar-refractivity contribution in [1.82, 2.24) is 0 Å². The number of rotatable bonds is 11. The number of hydrogen-bond acceptors (Lipinski definition) is 1. The first-order valence-electron chi connectivity index (χ1n) is 11.0. The lowest BCUT2D eigenvalue weighted by atomic mass is 10.0. The second kappa shape index (κ2) is 11.5. The summed E-state index contributed by atoms with van der Waals surface area (Å²) in [6, 6.07) is 11.1. The van der Waals surface area contributed by atoms with Crippen LogP contribution >= 0.6 is 8.58 Å². The quantitative estimate of drug-likeness (QED) is 0.289. The van der Waals surface area contributed by atoms with E-state index in [9.17, 15) is 4.79 Å². The fourth-order valence-corrected chi connectivity index (χ4v) is 5.29. The van der Waals surface area contributed by atoms with Gasteiger partial charge in [0.25, 0.3) is 0 Å².